The molecular formula is C30H47NO8. The van der Waals surface area contributed by atoms with Gasteiger partial charge >= 0.3 is 23.9 Å². The van der Waals surface area contributed by atoms with Crippen molar-refractivity contribution < 1.29 is 38.1 Å². The Balaban J connectivity index is 3.14. The zero-order chi connectivity index (χ0) is 29.7. The molecule has 1 aromatic rings. The fourth-order valence-corrected chi connectivity index (χ4v) is 3.36. The summed E-state index contributed by atoms with van der Waals surface area (Å²) in [6.45, 7) is 15.2. The quantitative estimate of drug-likeness (QED) is 0.227. The normalized spacial score (nSPS) is 14.3. The first-order valence-electron chi connectivity index (χ1n) is 13.9. The molecule has 0 bridgehead atoms. The zero-order valence-electron chi connectivity index (χ0n) is 25.0. The first-order valence-corrected chi connectivity index (χ1v) is 13.9. The fourth-order valence-electron chi connectivity index (χ4n) is 3.36. The average Bonchev–Trinajstić information content (AvgIpc) is 2.89. The molecule has 9 heteroatoms. The van der Waals surface area contributed by atoms with Crippen LogP contribution in [0.1, 0.15) is 80.2 Å². The van der Waals surface area contributed by atoms with Crippen molar-refractivity contribution in [2.45, 2.75) is 93.2 Å². The molecule has 9 nitrogen and oxygen atoms in total. The van der Waals surface area contributed by atoms with Crippen molar-refractivity contribution in [1.82, 2.24) is 5.32 Å². The third-order valence-corrected chi connectivity index (χ3v) is 6.82. The number of hydrogen-bond donors (Lipinski definition) is 1. The van der Waals surface area contributed by atoms with Crippen LogP contribution in [0.25, 0.3) is 0 Å². The Kier molecular flexibility index (Phi) is 14.8. The van der Waals surface area contributed by atoms with Crippen LogP contribution in [0.5, 0.6) is 11.5 Å². The van der Waals surface area contributed by atoms with Gasteiger partial charge in [-0.25, -0.2) is 0 Å². The Bertz CT molecular complexity index is 958. The average molecular weight is 550 g/mol. The third kappa shape index (κ3) is 11.8. The van der Waals surface area contributed by atoms with E-state index in [-0.39, 0.29) is 54.1 Å². The van der Waals surface area contributed by atoms with Crippen molar-refractivity contribution in [3.05, 3.63) is 23.8 Å². The van der Waals surface area contributed by atoms with Crippen LogP contribution in [0, 0.1) is 23.7 Å². The van der Waals surface area contributed by atoms with Gasteiger partial charge in [-0.1, -0.05) is 61.0 Å². The Hall–Kier alpha value is -2.94. The van der Waals surface area contributed by atoms with Gasteiger partial charge in [0.15, 0.2) is 11.5 Å². The summed E-state index contributed by atoms with van der Waals surface area (Å²) in [4.78, 5) is 49.8. The van der Waals surface area contributed by atoms with Crippen molar-refractivity contribution in [2.75, 3.05) is 13.7 Å². The minimum absolute atomic E-state index is 0.0543. The van der Waals surface area contributed by atoms with Gasteiger partial charge in [0.25, 0.3) is 0 Å². The highest BCUT2D eigenvalue weighted by Gasteiger charge is 2.26. The molecule has 0 aliphatic carbocycles. The van der Waals surface area contributed by atoms with E-state index in [9.17, 15) is 19.2 Å². The molecule has 0 radical (unpaired) electrons. The standard InChI is InChI=1S/C30H47NO8/c1-10-11-12-27(32)37-20(6)17-31-24(30(35)36-9)15-23-13-14-25(38-28(33)21(7)18(2)3)26(16-23)39-29(34)22(8)19(4)5/h13-14,16,18-22,24,31H,10-12,15,17H2,1-9H3/t20?,21?,22?,24-/m0/s1. The lowest BCUT2D eigenvalue weighted by Gasteiger charge is -2.21. The minimum atomic E-state index is -0.751. The summed E-state index contributed by atoms with van der Waals surface area (Å²) in [5, 5.41) is 3.10. The Morgan fingerprint density at radius 1 is 0.821 bits per heavy atom. The highest BCUT2D eigenvalue weighted by molar-refractivity contribution is 5.79. The SMILES string of the molecule is CCCCC(=O)OC(C)CN[C@@H](Cc1ccc(OC(=O)C(C)C(C)C)c(OC(=O)C(C)C(C)C)c1)C(=O)OC. The van der Waals surface area contributed by atoms with Crippen LogP contribution in [0.2, 0.25) is 0 Å². The summed E-state index contributed by atoms with van der Waals surface area (Å²) in [5.74, 6) is -2.00. The van der Waals surface area contributed by atoms with E-state index >= 15 is 0 Å². The van der Waals surface area contributed by atoms with Gasteiger partial charge in [0.1, 0.15) is 12.1 Å². The molecule has 0 fully saturated rings. The Labute approximate surface area is 233 Å². The van der Waals surface area contributed by atoms with Crippen LogP contribution in [0.15, 0.2) is 18.2 Å². The van der Waals surface area contributed by atoms with Gasteiger partial charge in [0.05, 0.1) is 18.9 Å². The van der Waals surface area contributed by atoms with E-state index in [0.717, 1.165) is 12.8 Å². The monoisotopic (exact) mass is 549 g/mol. The van der Waals surface area contributed by atoms with Gasteiger partial charge in [-0.15, -0.1) is 0 Å². The van der Waals surface area contributed by atoms with E-state index in [0.29, 0.717) is 12.0 Å². The second kappa shape index (κ2) is 16.9. The summed E-state index contributed by atoms with van der Waals surface area (Å²) in [5.41, 5.74) is 0.655. The molecule has 0 aromatic heterocycles. The summed E-state index contributed by atoms with van der Waals surface area (Å²) in [6, 6.07) is 4.12. The Morgan fingerprint density at radius 3 is 1.90 bits per heavy atom. The van der Waals surface area contributed by atoms with Gasteiger partial charge < -0.3 is 24.3 Å². The molecule has 0 saturated heterocycles. The van der Waals surface area contributed by atoms with Gasteiger partial charge in [-0.3, -0.25) is 19.2 Å². The molecule has 0 spiro atoms. The molecule has 0 saturated carbocycles. The van der Waals surface area contributed by atoms with E-state index < -0.39 is 30.1 Å². The maximum atomic E-state index is 12.8. The molecule has 1 rings (SSSR count). The lowest BCUT2D eigenvalue weighted by Crippen LogP contribution is -2.43. The Morgan fingerprint density at radius 2 is 1.38 bits per heavy atom. The molecule has 3 unspecified atom stereocenters. The minimum Gasteiger partial charge on any atom is -0.468 e. The van der Waals surface area contributed by atoms with Crippen molar-refractivity contribution in [2.24, 2.45) is 23.7 Å². The molecule has 0 aliphatic rings. The van der Waals surface area contributed by atoms with Gasteiger partial charge in [-0.2, -0.15) is 0 Å². The first-order chi connectivity index (χ1) is 18.3. The largest absolute Gasteiger partial charge is 0.468 e. The number of benzene rings is 1. The first kappa shape index (κ1) is 34.1. The lowest BCUT2D eigenvalue weighted by atomic mass is 9.98. The maximum Gasteiger partial charge on any atom is 0.323 e. The smallest absolute Gasteiger partial charge is 0.323 e. The van der Waals surface area contributed by atoms with Crippen LogP contribution in [-0.4, -0.2) is 49.7 Å². The number of rotatable bonds is 16. The van der Waals surface area contributed by atoms with Crippen LogP contribution >= 0.6 is 0 Å². The second-order valence-electron chi connectivity index (χ2n) is 10.8. The predicted molar refractivity (Wildman–Crippen MR) is 148 cm³/mol. The van der Waals surface area contributed by atoms with Crippen molar-refractivity contribution in [1.29, 1.82) is 0 Å². The van der Waals surface area contributed by atoms with Gasteiger partial charge in [0, 0.05) is 13.0 Å². The molecule has 1 aromatic carbocycles. The number of hydrogen-bond acceptors (Lipinski definition) is 9. The van der Waals surface area contributed by atoms with E-state index in [1.54, 1.807) is 39.0 Å². The van der Waals surface area contributed by atoms with E-state index in [1.807, 2.05) is 34.6 Å². The summed E-state index contributed by atoms with van der Waals surface area (Å²) < 4.78 is 21.7. The molecule has 4 atom stereocenters. The maximum absolute atomic E-state index is 12.8. The van der Waals surface area contributed by atoms with E-state index in [1.165, 1.54) is 7.11 Å². The molecule has 39 heavy (non-hydrogen) atoms. The molecule has 0 aliphatic heterocycles. The number of carbonyl (C=O) groups excluding carboxylic acids is 4. The number of ether oxygens (including phenoxy) is 4. The molecule has 220 valence electrons. The molecule has 1 N–H and O–H groups in total. The van der Waals surface area contributed by atoms with Crippen LogP contribution in [-0.2, 0) is 35.1 Å². The fraction of sp³-hybridized carbons (Fsp3) is 0.667. The lowest BCUT2D eigenvalue weighted by molar-refractivity contribution is -0.148. The van der Waals surface area contributed by atoms with Crippen molar-refractivity contribution >= 4 is 23.9 Å². The number of esters is 4. The zero-order valence-corrected chi connectivity index (χ0v) is 25.0. The van der Waals surface area contributed by atoms with Gasteiger partial charge in [0.2, 0.25) is 0 Å². The number of carbonyl (C=O) groups is 4. The predicted octanol–water partition coefficient (Wildman–Crippen LogP) is 4.88. The number of nitrogens with one attached hydrogen (secondary N) is 1. The number of methoxy groups -OCH3 is 1. The summed E-state index contributed by atoms with van der Waals surface area (Å²) >= 11 is 0. The molecule has 0 heterocycles. The van der Waals surface area contributed by atoms with Crippen LogP contribution in [0.4, 0.5) is 0 Å². The van der Waals surface area contributed by atoms with Crippen LogP contribution in [0.3, 0.4) is 0 Å². The summed E-state index contributed by atoms with van der Waals surface area (Å²) in [6.07, 6.45) is 1.76. The summed E-state index contributed by atoms with van der Waals surface area (Å²) in [7, 11) is 1.30. The highest BCUT2D eigenvalue weighted by Crippen LogP contribution is 2.31. The molecule has 0 amide bonds. The van der Waals surface area contributed by atoms with Crippen LogP contribution < -0.4 is 14.8 Å². The van der Waals surface area contributed by atoms with Gasteiger partial charge in [-0.05, 0) is 49.3 Å². The van der Waals surface area contributed by atoms with Crippen molar-refractivity contribution in [3.63, 3.8) is 0 Å². The third-order valence-electron chi connectivity index (χ3n) is 6.82. The second-order valence-corrected chi connectivity index (χ2v) is 10.8. The number of unbranched alkanes of at least 4 members (excludes halogenated alkanes) is 1. The molecular weight excluding hydrogens is 502 g/mol. The van der Waals surface area contributed by atoms with E-state index in [4.69, 9.17) is 18.9 Å². The topological polar surface area (TPSA) is 117 Å². The van der Waals surface area contributed by atoms with Crippen molar-refractivity contribution in [3.8, 4) is 11.5 Å². The van der Waals surface area contributed by atoms with E-state index in [2.05, 4.69) is 5.32 Å². The highest BCUT2D eigenvalue weighted by atomic mass is 16.6.